The third kappa shape index (κ3) is 13.7. The molecule has 0 radical (unpaired) electrons. The summed E-state index contributed by atoms with van der Waals surface area (Å²) in [5.74, 6) is -1.22. The molecule has 2 N–H and O–H groups in total. The summed E-state index contributed by atoms with van der Waals surface area (Å²) in [6, 6.07) is 0. The molecule has 5 nitrogen and oxygen atoms in total. The van der Waals surface area contributed by atoms with Crippen LogP contribution in [0.1, 0.15) is 6.42 Å². The minimum absolute atomic E-state index is 0. The molecule has 0 aromatic carbocycles. The van der Waals surface area contributed by atoms with Crippen LogP contribution in [-0.2, 0) is 13.9 Å². The molecule has 0 aliphatic carbocycles. The molecule has 0 fully saturated rings. The van der Waals surface area contributed by atoms with Crippen molar-refractivity contribution in [1.82, 2.24) is 0 Å². The van der Waals surface area contributed by atoms with Gasteiger partial charge < -0.3 is 5.11 Å². The molecule has 0 aromatic heterocycles. The Labute approximate surface area is 90.0 Å². The van der Waals surface area contributed by atoms with Crippen LogP contribution >= 0.6 is 10.8 Å². The number of carbonyl (C=O) groups is 1. The van der Waals surface area contributed by atoms with E-state index in [2.05, 4.69) is 0 Å². The summed E-state index contributed by atoms with van der Waals surface area (Å²) in [5.41, 5.74) is 0. The van der Waals surface area contributed by atoms with Crippen molar-refractivity contribution >= 4 is 55.5 Å². The van der Waals surface area contributed by atoms with E-state index in [1.165, 1.54) is 0 Å². The van der Waals surface area contributed by atoms with Crippen molar-refractivity contribution < 1.29 is 22.9 Å². The van der Waals surface area contributed by atoms with Crippen LogP contribution < -0.4 is 0 Å². The Kier molecular flexibility index (Phi) is 8.13. The van der Waals surface area contributed by atoms with Crippen LogP contribution in [0.25, 0.3) is 0 Å². The first-order chi connectivity index (χ1) is 4.42. The predicted molar refractivity (Wildman–Crippen MR) is 43.4 cm³/mol. The summed E-state index contributed by atoms with van der Waals surface area (Å²) in [6.07, 6.45) is -0.273. The summed E-state index contributed by atoms with van der Waals surface area (Å²) < 4.78 is 27.9. The van der Waals surface area contributed by atoms with Crippen molar-refractivity contribution in [3.8, 4) is 0 Å². The first-order valence-corrected chi connectivity index (χ1v) is 5.20. The number of hydrogen-bond donors (Lipinski definition) is 2. The maximum absolute atomic E-state index is 9.94. The van der Waals surface area contributed by atoms with Gasteiger partial charge in [0.05, 0.1) is 6.42 Å². The monoisotopic (exact) mass is 210 g/mol. The van der Waals surface area contributed by atoms with Crippen LogP contribution in [0.2, 0.25) is 0 Å². The molecule has 0 amide bonds. The molecule has 11 heavy (non-hydrogen) atoms. The molecule has 0 bridgehead atoms. The number of carboxylic acids is 1. The van der Waals surface area contributed by atoms with Crippen LogP contribution in [0.5, 0.6) is 0 Å². The number of hydrogen-bond acceptors (Lipinski definition) is 4. The average molecular weight is 210 g/mol. The van der Waals surface area contributed by atoms with Crippen molar-refractivity contribution in [2.24, 2.45) is 0 Å². The predicted octanol–water partition coefficient (Wildman–Crippen LogP) is -0.651. The normalized spacial score (nSPS) is 10.3. The molecule has 0 unspecified atom stereocenters. The van der Waals surface area contributed by atoms with Crippen LogP contribution in [0.4, 0.5) is 0 Å². The van der Waals surface area contributed by atoms with E-state index in [1.54, 1.807) is 0 Å². The molecule has 0 atom stereocenters. The second kappa shape index (κ2) is 6.27. The summed E-state index contributed by atoms with van der Waals surface area (Å²) in [4.78, 5) is 9.80. The Morgan fingerprint density at radius 1 is 1.45 bits per heavy atom. The first-order valence-electron chi connectivity index (χ1n) is 2.25. The fourth-order valence-electron chi connectivity index (χ4n) is 0.234. The number of carboxylic acid groups (broad SMARTS) is 1. The van der Waals surface area contributed by atoms with E-state index in [-0.39, 0.29) is 52.5 Å². The molecule has 0 saturated carbocycles. The van der Waals surface area contributed by atoms with Crippen molar-refractivity contribution in [1.29, 1.82) is 0 Å². The zero-order chi connectivity index (χ0) is 8.20. The van der Waals surface area contributed by atoms with Gasteiger partial charge in [-0.15, -0.1) is 0 Å². The first kappa shape index (κ1) is 14.3. The van der Waals surface area contributed by atoms with Gasteiger partial charge in [-0.2, -0.15) is 8.42 Å². The van der Waals surface area contributed by atoms with Crippen molar-refractivity contribution in [3.05, 3.63) is 0 Å². The van der Waals surface area contributed by atoms with E-state index >= 15 is 0 Å². The molecule has 0 spiro atoms. The van der Waals surface area contributed by atoms with Gasteiger partial charge in [0.25, 0.3) is 0 Å². The van der Waals surface area contributed by atoms with E-state index in [9.17, 15) is 13.2 Å². The fourth-order valence-corrected chi connectivity index (χ4v) is 1.58. The van der Waals surface area contributed by atoms with E-state index < -0.39 is 15.1 Å². The van der Waals surface area contributed by atoms with Gasteiger partial charge in [-0.05, 0) is 10.8 Å². The summed E-state index contributed by atoms with van der Waals surface area (Å²) in [5, 5.41) is 8.02. The van der Waals surface area contributed by atoms with Crippen molar-refractivity contribution in [3.63, 3.8) is 0 Å². The van der Waals surface area contributed by atoms with Gasteiger partial charge in [0.1, 0.15) is 0 Å². The van der Waals surface area contributed by atoms with E-state index in [0.29, 0.717) is 0 Å². The SMILES string of the molecule is O=C(O)CCSS(=O)(=O)O.[NaH]. The molecule has 0 heterocycles. The molecule has 62 valence electrons. The summed E-state index contributed by atoms with van der Waals surface area (Å²) in [6.45, 7) is 0. The number of aliphatic carboxylic acids is 1. The van der Waals surface area contributed by atoms with Gasteiger partial charge in [-0.25, -0.2) is 0 Å². The van der Waals surface area contributed by atoms with E-state index in [4.69, 9.17) is 9.66 Å². The summed E-state index contributed by atoms with van der Waals surface area (Å²) in [7, 11) is -3.86. The molecule has 0 aliphatic rings. The molecule has 0 saturated heterocycles. The van der Waals surface area contributed by atoms with Crippen LogP contribution in [0, 0.1) is 0 Å². The third-order valence-corrected chi connectivity index (χ3v) is 2.61. The molecular weight excluding hydrogens is 203 g/mol. The van der Waals surface area contributed by atoms with Crippen molar-refractivity contribution in [2.75, 3.05) is 5.75 Å². The van der Waals surface area contributed by atoms with Gasteiger partial charge in [0.2, 0.25) is 0 Å². The molecule has 0 rings (SSSR count). The Hall–Kier alpha value is 0.730. The fraction of sp³-hybridized carbons (Fsp3) is 0.667. The van der Waals surface area contributed by atoms with Crippen LogP contribution in [0.15, 0.2) is 0 Å². The Bertz CT molecular complexity index is 210. The van der Waals surface area contributed by atoms with E-state index in [1.807, 2.05) is 0 Å². The van der Waals surface area contributed by atoms with Crippen molar-refractivity contribution in [2.45, 2.75) is 6.42 Å². The average Bonchev–Trinajstić information content (AvgIpc) is 1.59. The molecule has 0 aliphatic heterocycles. The second-order valence-electron chi connectivity index (χ2n) is 1.39. The summed E-state index contributed by atoms with van der Waals surface area (Å²) >= 11 is 0. The Morgan fingerprint density at radius 3 is 2.18 bits per heavy atom. The van der Waals surface area contributed by atoms with Crippen LogP contribution in [0.3, 0.4) is 0 Å². The van der Waals surface area contributed by atoms with Gasteiger partial charge in [0.15, 0.2) is 0 Å². The molecule has 0 aromatic rings. The Balaban J connectivity index is 0. The van der Waals surface area contributed by atoms with Gasteiger partial charge >= 0.3 is 44.7 Å². The third-order valence-electron chi connectivity index (χ3n) is 0.548. The zero-order valence-electron chi connectivity index (χ0n) is 4.85. The second-order valence-corrected chi connectivity index (χ2v) is 4.86. The van der Waals surface area contributed by atoms with Gasteiger partial charge in [-0.3, -0.25) is 9.35 Å². The molecular formula is C3H7NaO5S2. The van der Waals surface area contributed by atoms with Gasteiger partial charge in [-0.1, -0.05) is 0 Å². The minimum atomic E-state index is -4.07. The topological polar surface area (TPSA) is 91.7 Å². The quantitative estimate of drug-likeness (QED) is 0.364. The van der Waals surface area contributed by atoms with Gasteiger partial charge in [0, 0.05) is 5.75 Å². The number of rotatable bonds is 4. The van der Waals surface area contributed by atoms with Crippen LogP contribution in [-0.4, -0.2) is 59.4 Å². The molecule has 8 heteroatoms. The zero-order valence-corrected chi connectivity index (χ0v) is 6.48. The standard InChI is InChI=1S/C3H6O5S2.Na.H/c4-3(5)1-2-9-10(6,7)8;;/h1-2H2,(H,4,5)(H,6,7,8);;. The van der Waals surface area contributed by atoms with E-state index in [0.717, 1.165) is 0 Å². The maximum atomic E-state index is 9.94. The Morgan fingerprint density at radius 2 is 1.91 bits per heavy atom.